The van der Waals surface area contributed by atoms with Gasteiger partial charge in [0.25, 0.3) is 0 Å². The number of anilines is 1. The first-order valence-electron chi connectivity index (χ1n) is 10.6. The molecular formula is C21H24F2N4O5. The summed E-state index contributed by atoms with van der Waals surface area (Å²) in [5.41, 5.74) is -0.356. The molecule has 4 rings (SSSR count). The Labute approximate surface area is 182 Å². The zero-order valence-corrected chi connectivity index (χ0v) is 17.6. The van der Waals surface area contributed by atoms with E-state index in [0.29, 0.717) is 11.5 Å². The van der Waals surface area contributed by atoms with E-state index in [1.807, 2.05) is 0 Å². The number of hydrogen-bond donors (Lipinski definition) is 2. The summed E-state index contributed by atoms with van der Waals surface area (Å²) in [4.78, 5) is 28.5. The lowest BCUT2D eigenvalue weighted by Gasteiger charge is -2.30. The van der Waals surface area contributed by atoms with Gasteiger partial charge in [0.2, 0.25) is 17.7 Å². The van der Waals surface area contributed by atoms with Gasteiger partial charge in [0.05, 0.1) is 0 Å². The maximum absolute atomic E-state index is 13.1. The molecule has 172 valence electrons. The largest absolute Gasteiger partial charge is 0.586 e. The summed E-state index contributed by atoms with van der Waals surface area (Å²) < 4.78 is 40.3. The summed E-state index contributed by atoms with van der Waals surface area (Å²) in [5.74, 6) is -0.0456. The fourth-order valence-electron chi connectivity index (χ4n) is 4.10. The molecule has 0 unspecified atom stereocenters. The summed E-state index contributed by atoms with van der Waals surface area (Å²) >= 11 is 0. The highest BCUT2D eigenvalue weighted by Crippen LogP contribution is 2.42. The molecule has 2 aromatic rings. The SMILES string of the molecule is CC(=O)NC1(c2noc(CCC(=O)Nc3ccc4c(c3)OC(F)(F)O4)n2)CCCCCC1. The topological polar surface area (TPSA) is 116 Å². The van der Waals surface area contributed by atoms with Gasteiger partial charge >= 0.3 is 6.29 Å². The zero-order chi connectivity index (χ0) is 22.8. The molecule has 1 saturated carbocycles. The molecule has 1 aliphatic heterocycles. The van der Waals surface area contributed by atoms with Crippen LogP contribution >= 0.6 is 0 Å². The molecule has 1 fully saturated rings. The number of nitrogens with zero attached hydrogens (tertiary/aromatic N) is 2. The minimum Gasteiger partial charge on any atom is -0.395 e. The Balaban J connectivity index is 1.37. The predicted molar refractivity (Wildman–Crippen MR) is 107 cm³/mol. The summed E-state index contributed by atoms with van der Waals surface area (Å²) in [7, 11) is 0. The molecule has 2 aliphatic rings. The standard InChI is InChI=1S/C21H24F2N4O5/c1-13(28)26-20(10-4-2-3-5-11-20)19-25-18(32-27-19)9-8-17(29)24-14-6-7-15-16(12-14)31-21(22,23)30-15/h6-7,12H,2-5,8-11H2,1H3,(H,24,29)(H,26,28). The van der Waals surface area contributed by atoms with Gasteiger partial charge in [0.1, 0.15) is 5.54 Å². The number of carbonyl (C=O) groups excluding carboxylic acids is 2. The highest BCUT2D eigenvalue weighted by molar-refractivity contribution is 5.91. The van der Waals surface area contributed by atoms with Crippen molar-refractivity contribution in [2.45, 2.75) is 70.1 Å². The number of ether oxygens (including phenoxy) is 2. The molecule has 1 aromatic heterocycles. The number of fused-ring (bicyclic) bond motifs is 1. The van der Waals surface area contributed by atoms with Crippen LogP contribution in [0.2, 0.25) is 0 Å². The Morgan fingerprint density at radius 1 is 1.09 bits per heavy atom. The van der Waals surface area contributed by atoms with Gasteiger partial charge in [0.15, 0.2) is 17.3 Å². The molecule has 0 bridgehead atoms. The first-order valence-corrected chi connectivity index (χ1v) is 10.6. The number of benzene rings is 1. The van der Waals surface area contributed by atoms with Crippen molar-refractivity contribution in [2.24, 2.45) is 0 Å². The first kappa shape index (κ1) is 22.0. The van der Waals surface area contributed by atoms with Crippen LogP contribution in [0.4, 0.5) is 14.5 Å². The van der Waals surface area contributed by atoms with Crippen LogP contribution in [0, 0.1) is 0 Å². The summed E-state index contributed by atoms with van der Waals surface area (Å²) in [6.45, 7) is 1.47. The highest BCUT2D eigenvalue weighted by atomic mass is 19.3. The van der Waals surface area contributed by atoms with E-state index in [0.717, 1.165) is 38.5 Å². The van der Waals surface area contributed by atoms with Crippen LogP contribution in [0.3, 0.4) is 0 Å². The number of alkyl halides is 2. The van der Waals surface area contributed by atoms with Crippen LogP contribution in [0.5, 0.6) is 11.5 Å². The Morgan fingerprint density at radius 2 is 1.81 bits per heavy atom. The second-order valence-electron chi connectivity index (χ2n) is 8.07. The maximum atomic E-state index is 13.1. The number of carbonyl (C=O) groups is 2. The van der Waals surface area contributed by atoms with Gasteiger partial charge in [-0.1, -0.05) is 30.8 Å². The quantitative estimate of drug-likeness (QED) is 0.646. The van der Waals surface area contributed by atoms with Crippen molar-refractivity contribution >= 4 is 17.5 Å². The van der Waals surface area contributed by atoms with Gasteiger partial charge in [-0.05, 0) is 25.0 Å². The van der Waals surface area contributed by atoms with Crippen LogP contribution in [0.1, 0.15) is 63.6 Å². The lowest BCUT2D eigenvalue weighted by Crippen LogP contribution is -2.45. The van der Waals surface area contributed by atoms with Gasteiger partial charge < -0.3 is 24.6 Å². The van der Waals surface area contributed by atoms with E-state index >= 15 is 0 Å². The molecule has 1 aromatic carbocycles. The number of nitrogens with one attached hydrogen (secondary N) is 2. The fraction of sp³-hybridized carbons (Fsp3) is 0.524. The lowest BCUT2D eigenvalue weighted by atomic mass is 9.89. The van der Waals surface area contributed by atoms with E-state index < -0.39 is 11.8 Å². The van der Waals surface area contributed by atoms with Crippen molar-refractivity contribution in [1.82, 2.24) is 15.5 Å². The third kappa shape index (κ3) is 4.97. The second-order valence-corrected chi connectivity index (χ2v) is 8.07. The number of aryl methyl sites for hydroxylation is 1. The van der Waals surface area contributed by atoms with Crippen molar-refractivity contribution in [3.63, 3.8) is 0 Å². The normalized spacial score (nSPS) is 18.6. The van der Waals surface area contributed by atoms with E-state index in [9.17, 15) is 18.4 Å². The Kier molecular flexibility index (Phi) is 5.98. The van der Waals surface area contributed by atoms with Crippen molar-refractivity contribution in [3.8, 4) is 11.5 Å². The summed E-state index contributed by atoms with van der Waals surface area (Å²) in [5, 5.41) is 9.71. The molecule has 9 nitrogen and oxygen atoms in total. The average molecular weight is 450 g/mol. The third-order valence-electron chi connectivity index (χ3n) is 5.52. The maximum Gasteiger partial charge on any atom is 0.586 e. The molecule has 0 radical (unpaired) electrons. The van der Waals surface area contributed by atoms with Crippen LogP contribution in [0.15, 0.2) is 22.7 Å². The molecule has 0 spiro atoms. The molecule has 2 N–H and O–H groups in total. The minimum absolute atomic E-state index is 0.0410. The van der Waals surface area contributed by atoms with E-state index in [1.54, 1.807) is 0 Å². The molecule has 0 atom stereocenters. The van der Waals surface area contributed by atoms with Gasteiger partial charge in [-0.25, -0.2) is 0 Å². The zero-order valence-electron chi connectivity index (χ0n) is 17.6. The Hall–Kier alpha value is -3.24. The van der Waals surface area contributed by atoms with E-state index in [2.05, 4.69) is 30.2 Å². The molecule has 2 amide bonds. The van der Waals surface area contributed by atoms with Crippen molar-refractivity contribution in [2.75, 3.05) is 5.32 Å². The van der Waals surface area contributed by atoms with E-state index in [-0.39, 0.29) is 42.0 Å². The summed E-state index contributed by atoms with van der Waals surface area (Å²) in [6, 6.07) is 4.00. The second kappa shape index (κ2) is 8.71. The van der Waals surface area contributed by atoms with Crippen LogP contribution in [-0.4, -0.2) is 28.2 Å². The Bertz CT molecular complexity index is 1000. The van der Waals surface area contributed by atoms with Crippen LogP contribution < -0.4 is 20.1 Å². The average Bonchev–Trinajstić information content (AvgIpc) is 3.23. The first-order chi connectivity index (χ1) is 15.2. The molecule has 32 heavy (non-hydrogen) atoms. The smallest absolute Gasteiger partial charge is 0.395 e. The number of halogens is 2. The number of amides is 2. The molecule has 0 saturated heterocycles. The van der Waals surface area contributed by atoms with Crippen LogP contribution in [0.25, 0.3) is 0 Å². The van der Waals surface area contributed by atoms with Crippen molar-refractivity contribution in [3.05, 3.63) is 29.9 Å². The summed E-state index contributed by atoms with van der Waals surface area (Å²) in [6.07, 6.45) is 2.06. The monoisotopic (exact) mass is 450 g/mol. The molecule has 1 aliphatic carbocycles. The van der Waals surface area contributed by atoms with Crippen molar-refractivity contribution < 1.29 is 32.4 Å². The van der Waals surface area contributed by atoms with E-state index in [1.165, 1.54) is 25.1 Å². The third-order valence-corrected chi connectivity index (χ3v) is 5.52. The number of aromatic nitrogens is 2. The van der Waals surface area contributed by atoms with Gasteiger partial charge in [0, 0.05) is 31.5 Å². The minimum atomic E-state index is -3.72. The highest BCUT2D eigenvalue weighted by Gasteiger charge is 2.43. The van der Waals surface area contributed by atoms with E-state index in [4.69, 9.17) is 4.52 Å². The fourth-order valence-corrected chi connectivity index (χ4v) is 4.10. The molecule has 11 heteroatoms. The van der Waals surface area contributed by atoms with Gasteiger partial charge in [-0.3, -0.25) is 9.59 Å². The number of hydrogen-bond acceptors (Lipinski definition) is 7. The van der Waals surface area contributed by atoms with Crippen LogP contribution in [-0.2, 0) is 21.5 Å². The van der Waals surface area contributed by atoms with Crippen molar-refractivity contribution in [1.29, 1.82) is 0 Å². The van der Waals surface area contributed by atoms with Gasteiger partial charge in [-0.15, -0.1) is 8.78 Å². The predicted octanol–water partition coefficient (Wildman–Crippen LogP) is 3.65. The lowest BCUT2D eigenvalue weighted by molar-refractivity contribution is -0.286. The van der Waals surface area contributed by atoms with Gasteiger partial charge in [-0.2, -0.15) is 4.98 Å². The number of rotatable bonds is 6. The molecular weight excluding hydrogens is 426 g/mol. The Morgan fingerprint density at radius 3 is 2.53 bits per heavy atom. The molecule has 2 heterocycles.